The first-order chi connectivity index (χ1) is 19.2. The number of carbonyl (C=O) groups excluding carboxylic acids is 1. The van der Waals surface area contributed by atoms with Gasteiger partial charge in [-0.05, 0) is 79.4 Å². The van der Waals surface area contributed by atoms with Gasteiger partial charge in [-0.1, -0.05) is 42.5 Å². The predicted octanol–water partition coefficient (Wildman–Crippen LogP) is 7.01. The Morgan fingerprint density at radius 2 is 1.60 bits per heavy atom. The second kappa shape index (κ2) is 10.5. The van der Waals surface area contributed by atoms with Crippen molar-refractivity contribution in [2.45, 2.75) is 26.8 Å². The topological polar surface area (TPSA) is 114 Å². The fourth-order valence-electron chi connectivity index (χ4n) is 5.01. The van der Waals surface area contributed by atoms with E-state index in [4.69, 9.17) is 0 Å². The van der Waals surface area contributed by atoms with Gasteiger partial charge >= 0.3 is 5.97 Å². The highest BCUT2D eigenvalue weighted by Crippen LogP contribution is 2.31. The van der Waals surface area contributed by atoms with E-state index in [1.807, 2.05) is 63.2 Å². The molecular weight excluding hydrogens is 506 g/mol. The summed E-state index contributed by atoms with van der Waals surface area (Å²) < 4.78 is 2.12. The number of carboxylic acids is 1. The van der Waals surface area contributed by atoms with Crippen molar-refractivity contribution in [2.75, 3.05) is 0 Å². The fraction of sp³-hybridized carbons (Fsp3) is 0.125. The third-order valence-electron chi connectivity index (χ3n) is 7.33. The molecule has 1 amide bonds. The summed E-state index contributed by atoms with van der Waals surface area (Å²) in [6.07, 6.45) is 0. The number of hydrogen-bond donors (Lipinski definition) is 2. The number of benzene rings is 4. The molecule has 1 aromatic heterocycles. The van der Waals surface area contributed by atoms with E-state index >= 15 is 0 Å². The summed E-state index contributed by atoms with van der Waals surface area (Å²) in [5.74, 6) is -1.21. The molecule has 0 aliphatic carbocycles. The number of amides is 1. The highest BCUT2D eigenvalue weighted by atomic mass is 16.6. The normalized spacial score (nSPS) is 11.8. The Labute approximate surface area is 230 Å². The predicted molar refractivity (Wildman–Crippen MR) is 154 cm³/mol. The third-order valence-corrected chi connectivity index (χ3v) is 7.33. The van der Waals surface area contributed by atoms with Crippen LogP contribution in [-0.2, 0) is 0 Å². The van der Waals surface area contributed by atoms with Crippen molar-refractivity contribution in [1.82, 2.24) is 9.88 Å². The number of nitrogens with zero attached hydrogens (tertiary/aromatic N) is 2. The molecule has 5 aromatic rings. The van der Waals surface area contributed by atoms with Crippen molar-refractivity contribution in [3.63, 3.8) is 0 Å². The van der Waals surface area contributed by atoms with Crippen LogP contribution in [-0.4, -0.2) is 26.5 Å². The number of aromatic carboxylic acids is 1. The van der Waals surface area contributed by atoms with E-state index in [1.165, 1.54) is 12.1 Å². The lowest BCUT2D eigenvalue weighted by Crippen LogP contribution is -2.26. The number of nitro groups is 1. The smallest absolute Gasteiger partial charge is 0.336 e. The zero-order valence-electron chi connectivity index (χ0n) is 22.2. The maximum Gasteiger partial charge on any atom is 0.336 e. The highest BCUT2D eigenvalue weighted by Gasteiger charge is 2.18. The molecule has 5 rings (SSSR count). The number of carbonyl (C=O) groups is 2. The fourth-order valence-corrected chi connectivity index (χ4v) is 5.01. The number of carboxylic acid groups (broad SMARTS) is 1. The molecule has 0 aliphatic heterocycles. The van der Waals surface area contributed by atoms with Crippen LogP contribution in [0, 0.1) is 24.0 Å². The van der Waals surface area contributed by atoms with Crippen LogP contribution in [0.5, 0.6) is 0 Å². The van der Waals surface area contributed by atoms with Gasteiger partial charge in [0.2, 0.25) is 0 Å². The van der Waals surface area contributed by atoms with E-state index < -0.39 is 10.9 Å². The molecule has 0 radical (unpaired) electrons. The minimum atomic E-state index is -0.968. The van der Waals surface area contributed by atoms with Gasteiger partial charge < -0.3 is 15.0 Å². The molecule has 1 atom stereocenters. The van der Waals surface area contributed by atoms with Crippen LogP contribution < -0.4 is 5.32 Å². The molecule has 8 nitrogen and oxygen atoms in total. The van der Waals surface area contributed by atoms with Gasteiger partial charge in [-0.15, -0.1) is 0 Å². The molecule has 0 fully saturated rings. The van der Waals surface area contributed by atoms with Gasteiger partial charge in [0.25, 0.3) is 11.6 Å². The van der Waals surface area contributed by atoms with Crippen molar-refractivity contribution in [2.24, 2.45) is 0 Å². The van der Waals surface area contributed by atoms with Crippen molar-refractivity contribution in [3.05, 3.63) is 129 Å². The molecule has 8 heteroatoms. The number of nitrogens with one attached hydrogen (secondary N) is 1. The van der Waals surface area contributed by atoms with Crippen LogP contribution in [0.15, 0.2) is 91.0 Å². The average Bonchev–Trinajstić information content (AvgIpc) is 3.21. The number of aromatic nitrogens is 1. The lowest BCUT2D eigenvalue weighted by Gasteiger charge is -2.15. The van der Waals surface area contributed by atoms with E-state index in [9.17, 15) is 24.8 Å². The van der Waals surface area contributed by atoms with Crippen LogP contribution >= 0.6 is 0 Å². The Bertz CT molecular complexity index is 1770. The van der Waals surface area contributed by atoms with Crippen molar-refractivity contribution in [1.29, 1.82) is 0 Å². The summed E-state index contributed by atoms with van der Waals surface area (Å²) in [5, 5.41) is 24.4. The molecule has 4 aromatic carbocycles. The molecule has 0 bridgehead atoms. The largest absolute Gasteiger partial charge is 0.478 e. The molecule has 0 spiro atoms. The standard InChI is InChI=1S/C32H27N3O5/c1-19-21(3)34(25-13-10-23(11-14-25)27-6-4-5-7-28(27)32(37)38)30-17-12-24(18-29(19)30)31(36)33-20(2)22-8-15-26(16-9-22)35(39)40/h4-18,20H,1-3H3,(H,33,36)(H,37,38)/t20-/m1/s1. The summed E-state index contributed by atoms with van der Waals surface area (Å²) in [6, 6.07) is 26.1. The number of nitro benzene ring substituents is 1. The van der Waals surface area contributed by atoms with Crippen LogP contribution in [0.1, 0.15) is 50.5 Å². The van der Waals surface area contributed by atoms with E-state index in [1.54, 1.807) is 36.4 Å². The van der Waals surface area contributed by atoms with Gasteiger partial charge in [-0.2, -0.15) is 0 Å². The Kier molecular flexibility index (Phi) is 6.92. The molecule has 0 saturated heterocycles. The minimum Gasteiger partial charge on any atom is -0.478 e. The van der Waals surface area contributed by atoms with Crippen LogP contribution in [0.25, 0.3) is 27.7 Å². The molecule has 1 heterocycles. The van der Waals surface area contributed by atoms with Gasteiger partial charge in [-0.3, -0.25) is 14.9 Å². The maximum absolute atomic E-state index is 13.1. The average molecular weight is 534 g/mol. The summed E-state index contributed by atoms with van der Waals surface area (Å²) in [4.78, 5) is 35.2. The summed E-state index contributed by atoms with van der Waals surface area (Å²) in [5.41, 5.74) is 6.97. The van der Waals surface area contributed by atoms with Gasteiger partial charge in [0, 0.05) is 34.5 Å². The van der Waals surface area contributed by atoms with E-state index in [0.717, 1.165) is 39.0 Å². The molecule has 200 valence electrons. The summed E-state index contributed by atoms with van der Waals surface area (Å²) in [7, 11) is 0. The second-order valence-electron chi connectivity index (χ2n) is 9.72. The number of aryl methyl sites for hydroxylation is 1. The monoisotopic (exact) mass is 533 g/mol. The number of rotatable bonds is 7. The summed E-state index contributed by atoms with van der Waals surface area (Å²) >= 11 is 0. The van der Waals surface area contributed by atoms with Gasteiger partial charge in [0.15, 0.2) is 0 Å². The molecule has 2 N–H and O–H groups in total. The molecule has 40 heavy (non-hydrogen) atoms. The Morgan fingerprint density at radius 1 is 0.925 bits per heavy atom. The molecule has 0 aliphatic rings. The molecule has 0 saturated carbocycles. The maximum atomic E-state index is 13.1. The van der Waals surface area contributed by atoms with Crippen LogP contribution in [0.4, 0.5) is 5.69 Å². The zero-order valence-corrected chi connectivity index (χ0v) is 22.2. The van der Waals surface area contributed by atoms with E-state index in [0.29, 0.717) is 11.1 Å². The SMILES string of the molecule is Cc1c(C)n(-c2ccc(-c3ccccc3C(=O)O)cc2)c2ccc(C(=O)N[C@H](C)c3ccc([N+](=O)[O-])cc3)cc12. The molecular formula is C32H27N3O5. The number of non-ortho nitro benzene ring substituents is 1. The van der Waals surface area contributed by atoms with Crippen molar-refractivity contribution < 1.29 is 19.6 Å². The Hall–Kier alpha value is -5.24. The van der Waals surface area contributed by atoms with Gasteiger partial charge in [0.05, 0.1) is 22.0 Å². The highest BCUT2D eigenvalue weighted by molar-refractivity contribution is 6.00. The zero-order chi connectivity index (χ0) is 28.6. The summed E-state index contributed by atoms with van der Waals surface area (Å²) in [6.45, 7) is 5.88. The Balaban J connectivity index is 1.42. The van der Waals surface area contributed by atoms with Crippen LogP contribution in [0.2, 0.25) is 0 Å². The van der Waals surface area contributed by atoms with Crippen molar-refractivity contribution in [3.8, 4) is 16.8 Å². The quantitative estimate of drug-likeness (QED) is 0.172. The van der Waals surface area contributed by atoms with E-state index in [2.05, 4.69) is 9.88 Å². The second-order valence-corrected chi connectivity index (χ2v) is 9.72. The Morgan fingerprint density at radius 3 is 2.25 bits per heavy atom. The van der Waals surface area contributed by atoms with Crippen LogP contribution in [0.3, 0.4) is 0 Å². The van der Waals surface area contributed by atoms with Gasteiger partial charge in [-0.25, -0.2) is 4.79 Å². The minimum absolute atomic E-state index is 0.00259. The van der Waals surface area contributed by atoms with Crippen molar-refractivity contribution >= 4 is 28.5 Å². The number of fused-ring (bicyclic) bond motifs is 1. The van der Waals surface area contributed by atoms with Gasteiger partial charge in [0.1, 0.15) is 0 Å². The van der Waals surface area contributed by atoms with E-state index in [-0.39, 0.29) is 23.2 Å². The first-order valence-electron chi connectivity index (χ1n) is 12.8. The lowest BCUT2D eigenvalue weighted by molar-refractivity contribution is -0.384. The first-order valence-corrected chi connectivity index (χ1v) is 12.8. The first kappa shape index (κ1) is 26.4. The lowest BCUT2D eigenvalue weighted by atomic mass is 9.99. The molecule has 0 unspecified atom stereocenters. The third kappa shape index (κ3) is 4.82. The number of hydrogen-bond acceptors (Lipinski definition) is 4.